The van der Waals surface area contributed by atoms with Gasteiger partial charge in [0.2, 0.25) is 0 Å². The van der Waals surface area contributed by atoms with Gasteiger partial charge in [-0.15, -0.1) is 4.83 Å². The lowest BCUT2D eigenvalue weighted by Gasteiger charge is -2.11. The smallest absolute Gasteiger partial charge is 0.254 e. The first-order valence-electron chi connectivity index (χ1n) is 3.99. The molecule has 0 atom stereocenters. The minimum atomic E-state index is -3.79. The van der Waals surface area contributed by atoms with E-state index in [2.05, 4.69) is 0 Å². The van der Waals surface area contributed by atoms with E-state index in [0.29, 0.717) is 16.1 Å². The van der Waals surface area contributed by atoms with Gasteiger partial charge < -0.3 is 0 Å². The standard InChI is InChI=1S/C8H10Cl2N2O2S/c1-4-3-6(9)5(2)8(7(4)10)15(13,14)12-11/h3,12H,11H2,1-2H3. The Labute approximate surface area is 98.4 Å². The number of hydrogen-bond acceptors (Lipinski definition) is 3. The SMILES string of the molecule is Cc1cc(Cl)c(C)c(S(=O)(=O)NN)c1Cl. The fourth-order valence-corrected chi connectivity index (χ4v) is 3.04. The van der Waals surface area contributed by atoms with E-state index >= 15 is 0 Å². The van der Waals surface area contributed by atoms with E-state index in [1.807, 2.05) is 0 Å². The summed E-state index contributed by atoms with van der Waals surface area (Å²) in [6, 6.07) is 1.61. The number of nitrogens with two attached hydrogens (primary N) is 1. The lowest BCUT2D eigenvalue weighted by molar-refractivity contribution is 0.583. The van der Waals surface area contributed by atoms with Gasteiger partial charge in [-0.1, -0.05) is 23.2 Å². The van der Waals surface area contributed by atoms with Crippen LogP contribution in [0.1, 0.15) is 11.1 Å². The van der Waals surface area contributed by atoms with Crippen molar-refractivity contribution in [1.29, 1.82) is 0 Å². The first kappa shape index (κ1) is 12.7. The molecule has 0 bridgehead atoms. The van der Waals surface area contributed by atoms with Gasteiger partial charge in [-0.25, -0.2) is 8.42 Å². The molecule has 0 heterocycles. The summed E-state index contributed by atoms with van der Waals surface area (Å²) in [4.78, 5) is 1.65. The van der Waals surface area contributed by atoms with Crippen molar-refractivity contribution in [2.45, 2.75) is 18.7 Å². The van der Waals surface area contributed by atoms with E-state index in [9.17, 15) is 8.42 Å². The van der Waals surface area contributed by atoms with Gasteiger partial charge in [0, 0.05) is 5.02 Å². The van der Waals surface area contributed by atoms with Gasteiger partial charge in [0.25, 0.3) is 10.0 Å². The zero-order valence-electron chi connectivity index (χ0n) is 8.14. The Morgan fingerprint density at radius 3 is 2.33 bits per heavy atom. The highest BCUT2D eigenvalue weighted by Gasteiger charge is 2.22. The topological polar surface area (TPSA) is 72.2 Å². The molecule has 0 aliphatic heterocycles. The van der Waals surface area contributed by atoms with Crippen LogP contribution in [0.5, 0.6) is 0 Å². The second-order valence-electron chi connectivity index (χ2n) is 3.06. The summed E-state index contributed by atoms with van der Waals surface area (Å²) >= 11 is 11.8. The first-order valence-corrected chi connectivity index (χ1v) is 6.22. The highest BCUT2D eigenvalue weighted by atomic mass is 35.5. The normalized spacial score (nSPS) is 11.8. The summed E-state index contributed by atoms with van der Waals surface area (Å²) in [6.07, 6.45) is 0. The van der Waals surface area contributed by atoms with Crippen LogP contribution in [0, 0.1) is 13.8 Å². The molecule has 3 N–H and O–H groups in total. The van der Waals surface area contributed by atoms with Crippen molar-refractivity contribution in [1.82, 2.24) is 4.83 Å². The van der Waals surface area contributed by atoms with Crippen LogP contribution in [0.2, 0.25) is 10.0 Å². The maximum Gasteiger partial charge on any atom is 0.254 e. The van der Waals surface area contributed by atoms with Crippen LogP contribution in [0.15, 0.2) is 11.0 Å². The van der Waals surface area contributed by atoms with Crippen LogP contribution < -0.4 is 10.7 Å². The molecule has 0 radical (unpaired) electrons. The highest BCUT2D eigenvalue weighted by molar-refractivity contribution is 7.89. The Balaban J connectivity index is 3.68. The van der Waals surface area contributed by atoms with Crippen LogP contribution >= 0.6 is 23.2 Å². The van der Waals surface area contributed by atoms with E-state index in [0.717, 1.165) is 0 Å². The molecule has 0 saturated carbocycles. The van der Waals surface area contributed by atoms with Gasteiger partial charge >= 0.3 is 0 Å². The maximum absolute atomic E-state index is 11.6. The molecular formula is C8H10Cl2N2O2S. The molecule has 15 heavy (non-hydrogen) atoms. The summed E-state index contributed by atoms with van der Waals surface area (Å²) < 4.78 is 23.1. The monoisotopic (exact) mass is 268 g/mol. The molecule has 0 amide bonds. The average molecular weight is 269 g/mol. The zero-order chi connectivity index (χ0) is 11.8. The number of sulfonamides is 1. The summed E-state index contributed by atoms with van der Waals surface area (Å²) in [6.45, 7) is 3.24. The Morgan fingerprint density at radius 1 is 1.33 bits per heavy atom. The van der Waals surface area contributed by atoms with Crippen LogP contribution in [-0.4, -0.2) is 8.42 Å². The number of halogens is 2. The van der Waals surface area contributed by atoms with Gasteiger partial charge in [0.05, 0.1) is 5.02 Å². The Kier molecular flexibility index (Phi) is 3.63. The number of nitrogens with one attached hydrogen (secondary N) is 1. The van der Waals surface area contributed by atoms with E-state index in [1.165, 1.54) is 0 Å². The van der Waals surface area contributed by atoms with Crippen LogP contribution in [-0.2, 0) is 10.0 Å². The number of rotatable bonds is 2. The molecular weight excluding hydrogens is 259 g/mol. The lowest BCUT2D eigenvalue weighted by Crippen LogP contribution is -2.31. The Hall–Kier alpha value is -0.330. The molecule has 4 nitrogen and oxygen atoms in total. The summed E-state index contributed by atoms with van der Waals surface area (Å²) in [5.74, 6) is 4.94. The van der Waals surface area contributed by atoms with Crippen molar-refractivity contribution in [2.75, 3.05) is 0 Å². The second-order valence-corrected chi connectivity index (χ2v) is 5.50. The van der Waals surface area contributed by atoms with Gasteiger partial charge in [-0.3, -0.25) is 5.84 Å². The van der Waals surface area contributed by atoms with Gasteiger partial charge in [-0.2, -0.15) is 0 Å². The summed E-state index contributed by atoms with van der Waals surface area (Å²) in [5, 5.41) is 0.473. The van der Waals surface area contributed by atoms with Gasteiger partial charge in [-0.05, 0) is 31.0 Å². The number of hydrogen-bond donors (Lipinski definition) is 2. The predicted molar refractivity (Wildman–Crippen MR) is 60.4 cm³/mol. The van der Waals surface area contributed by atoms with Gasteiger partial charge in [0.1, 0.15) is 4.90 Å². The molecule has 0 unspecified atom stereocenters. The molecule has 84 valence electrons. The first-order chi connectivity index (χ1) is 6.81. The van der Waals surface area contributed by atoms with Crippen molar-refractivity contribution in [2.24, 2.45) is 5.84 Å². The maximum atomic E-state index is 11.6. The lowest BCUT2D eigenvalue weighted by atomic mass is 10.2. The van der Waals surface area contributed by atoms with Crippen molar-refractivity contribution >= 4 is 33.2 Å². The molecule has 1 aromatic rings. The van der Waals surface area contributed by atoms with Crippen LogP contribution in [0.25, 0.3) is 0 Å². The van der Waals surface area contributed by atoms with Crippen molar-refractivity contribution < 1.29 is 8.42 Å². The van der Waals surface area contributed by atoms with E-state index in [1.54, 1.807) is 24.7 Å². The number of benzene rings is 1. The molecule has 0 saturated heterocycles. The summed E-state index contributed by atoms with van der Waals surface area (Å²) in [5.41, 5.74) is 0.964. The zero-order valence-corrected chi connectivity index (χ0v) is 10.5. The third kappa shape index (κ3) is 2.26. The third-order valence-electron chi connectivity index (χ3n) is 2.01. The Morgan fingerprint density at radius 2 is 1.87 bits per heavy atom. The van der Waals surface area contributed by atoms with E-state index in [4.69, 9.17) is 29.0 Å². The molecule has 0 spiro atoms. The minimum absolute atomic E-state index is 0.0725. The third-order valence-corrected chi connectivity index (χ3v) is 4.36. The fraction of sp³-hybridized carbons (Fsp3) is 0.250. The quantitative estimate of drug-likeness (QED) is 0.634. The van der Waals surface area contributed by atoms with Crippen molar-refractivity contribution in [3.63, 3.8) is 0 Å². The number of aryl methyl sites for hydroxylation is 1. The average Bonchev–Trinajstić information content (AvgIpc) is 2.15. The molecule has 0 aromatic heterocycles. The molecule has 7 heteroatoms. The van der Waals surface area contributed by atoms with Crippen molar-refractivity contribution in [3.8, 4) is 0 Å². The Bertz CT molecular complexity index is 474. The largest absolute Gasteiger partial charge is 0.257 e. The molecule has 0 aliphatic rings. The minimum Gasteiger partial charge on any atom is -0.257 e. The fourth-order valence-electron chi connectivity index (χ4n) is 1.19. The van der Waals surface area contributed by atoms with E-state index in [-0.39, 0.29) is 9.92 Å². The highest BCUT2D eigenvalue weighted by Crippen LogP contribution is 2.32. The predicted octanol–water partition coefficient (Wildman–Crippen LogP) is 1.76. The molecule has 1 aromatic carbocycles. The molecule has 1 rings (SSSR count). The summed E-state index contributed by atoms with van der Waals surface area (Å²) in [7, 11) is -3.79. The van der Waals surface area contributed by atoms with Crippen LogP contribution in [0.4, 0.5) is 0 Å². The van der Waals surface area contributed by atoms with Crippen molar-refractivity contribution in [3.05, 3.63) is 27.2 Å². The van der Waals surface area contributed by atoms with Gasteiger partial charge in [0.15, 0.2) is 0 Å². The second kappa shape index (κ2) is 4.27. The van der Waals surface area contributed by atoms with Crippen LogP contribution in [0.3, 0.4) is 0 Å². The molecule has 0 aliphatic carbocycles. The number of hydrazine groups is 1. The molecule has 0 fully saturated rings. The van der Waals surface area contributed by atoms with E-state index < -0.39 is 10.0 Å².